The highest BCUT2D eigenvalue weighted by Crippen LogP contribution is 2.25. The van der Waals surface area contributed by atoms with Crippen LogP contribution in [0, 0.1) is 13.8 Å². The minimum Gasteiger partial charge on any atom is -0.342 e. The molecule has 0 bridgehead atoms. The molecule has 31 heavy (non-hydrogen) atoms. The Morgan fingerprint density at radius 1 is 1.23 bits per heavy atom. The van der Waals surface area contributed by atoms with Gasteiger partial charge in [-0.1, -0.05) is 23.7 Å². The minimum absolute atomic E-state index is 0.113. The molecule has 0 aliphatic carbocycles. The third kappa shape index (κ3) is 4.26. The Balaban J connectivity index is 1.53. The van der Waals surface area contributed by atoms with Crippen LogP contribution in [-0.2, 0) is 18.4 Å². The number of carbonyl (C=O) groups is 1. The maximum absolute atomic E-state index is 12.9. The topological polar surface area (TPSA) is 81.8 Å². The molecular weight excluding hydrogens is 434 g/mol. The van der Waals surface area contributed by atoms with Gasteiger partial charge < -0.3 is 9.88 Å². The zero-order valence-corrected chi connectivity index (χ0v) is 19.0. The van der Waals surface area contributed by atoms with Crippen LogP contribution in [0.1, 0.15) is 34.3 Å². The summed E-state index contributed by atoms with van der Waals surface area (Å²) in [5.74, 6) is 0.522. The van der Waals surface area contributed by atoms with E-state index in [9.17, 15) is 9.59 Å². The number of aromatic nitrogens is 4. The van der Waals surface area contributed by atoms with Gasteiger partial charge in [0.1, 0.15) is 16.7 Å². The predicted octanol–water partition coefficient (Wildman–Crippen LogP) is 3.76. The third-order valence-electron chi connectivity index (χ3n) is 5.36. The molecule has 0 saturated carbocycles. The molecule has 1 amide bonds. The molecule has 9 heteroatoms. The van der Waals surface area contributed by atoms with Gasteiger partial charge in [0, 0.05) is 42.3 Å². The van der Waals surface area contributed by atoms with E-state index in [0.29, 0.717) is 16.2 Å². The molecule has 4 aromatic rings. The van der Waals surface area contributed by atoms with Gasteiger partial charge in [-0.25, -0.2) is 9.97 Å². The van der Waals surface area contributed by atoms with Crippen molar-refractivity contribution in [3.63, 3.8) is 0 Å². The van der Waals surface area contributed by atoms with E-state index in [1.165, 1.54) is 22.2 Å². The summed E-state index contributed by atoms with van der Waals surface area (Å²) in [7, 11) is 1.88. The molecule has 0 saturated heterocycles. The Bertz CT molecular complexity index is 1310. The highest BCUT2D eigenvalue weighted by Gasteiger charge is 2.21. The SMILES string of the molecule is Cc1sc2ncn(CCC(=O)NC(c3ccc(Cl)cc3)c3nccn3C)c(=O)c2c1C. The molecule has 3 aromatic heterocycles. The van der Waals surface area contributed by atoms with Crippen LogP contribution in [0.2, 0.25) is 5.02 Å². The number of amides is 1. The summed E-state index contributed by atoms with van der Waals surface area (Å²) in [6.07, 6.45) is 5.18. The molecule has 160 valence electrons. The number of thiophene rings is 1. The van der Waals surface area contributed by atoms with Crippen molar-refractivity contribution < 1.29 is 4.79 Å². The van der Waals surface area contributed by atoms with Crippen LogP contribution >= 0.6 is 22.9 Å². The molecule has 1 unspecified atom stereocenters. The van der Waals surface area contributed by atoms with Crippen LogP contribution in [0.3, 0.4) is 0 Å². The van der Waals surface area contributed by atoms with E-state index in [1.54, 1.807) is 18.3 Å². The van der Waals surface area contributed by atoms with E-state index in [4.69, 9.17) is 11.6 Å². The normalized spacial score (nSPS) is 12.3. The van der Waals surface area contributed by atoms with Gasteiger partial charge in [0.05, 0.1) is 11.7 Å². The van der Waals surface area contributed by atoms with Gasteiger partial charge in [-0.15, -0.1) is 11.3 Å². The predicted molar refractivity (Wildman–Crippen MR) is 123 cm³/mol. The smallest absolute Gasteiger partial charge is 0.262 e. The summed E-state index contributed by atoms with van der Waals surface area (Å²) in [6, 6.07) is 6.87. The van der Waals surface area contributed by atoms with Crippen molar-refractivity contribution in [1.82, 2.24) is 24.4 Å². The molecular formula is C22H22ClN5O2S. The first-order valence-electron chi connectivity index (χ1n) is 9.82. The van der Waals surface area contributed by atoms with Crippen molar-refractivity contribution in [2.45, 2.75) is 32.9 Å². The molecule has 4 rings (SSSR count). The van der Waals surface area contributed by atoms with E-state index in [-0.39, 0.29) is 24.4 Å². The largest absolute Gasteiger partial charge is 0.342 e. The summed E-state index contributed by atoms with van der Waals surface area (Å²) in [4.78, 5) is 36.3. The van der Waals surface area contributed by atoms with Gasteiger partial charge >= 0.3 is 0 Å². The van der Waals surface area contributed by atoms with E-state index in [0.717, 1.165) is 20.8 Å². The van der Waals surface area contributed by atoms with Crippen molar-refractivity contribution in [2.24, 2.45) is 7.05 Å². The maximum Gasteiger partial charge on any atom is 0.262 e. The van der Waals surface area contributed by atoms with Crippen molar-refractivity contribution in [2.75, 3.05) is 0 Å². The second-order valence-electron chi connectivity index (χ2n) is 7.40. The molecule has 0 aliphatic rings. The zero-order chi connectivity index (χ0) is 22.1. The van der Waals surface area contributed by atoms with E-state index >= 15 is 0 Å². The second kappa shape index (κ2) is 8.64. The molecule has 1 N–H and O–H groups in total. The van der Waals surface area contributed by atoms with E-state index in [1.807, 2.05) is 43.8 Å². The third-order valence-corrected chi connectivity index (χ3v) is 6.73. The number of fused-ring (bicyclic) bond motifs is 1. The number of rotatable bonds is 6. The fourth-order valence-electron chi connectivity index (χ4n) is 3.49. The van der Waals surface area contributed by atoms with Crippen LogP contribution in [-0.4, -0.2) is 25.0 Å². The standard InChI is InChI=1S/C22H22ClN5O2S/c1-13-14(2)31-21-18(13)22(30)28(12-25-21)10-8-17(29)26-19(20-24-9-11-27(20)3)15-4-6-16(23)7-5-15/h4-7,9,11-12,19H,8,10H2,1-3H3,(H,26,29). The number of imidazole rings is 1. The average molecular weight is 456 g/mol. The molecule has 1 atom stereocenters. The van der Waals surface area contributed by atoms with Crippen LogP contribution in [0.25, 0.3) is 10.2 Å². The fraction of sp³-hybridized carbons (Fsp3) is 0.273. The average Bonchev–Trinajstić information content (AvgIpc) is 3.29. The number of hydrogen-bond acceptors (Lipinski definition) is 5. The number of hydrogen-bond donors (Lipinski definition) is 1. The minimum atomic E-state index is -0.427. The molecule has 0 fully saturated rings. The first kappa shape index (κ1) is 21.3. The van der Waals surface area contributed by atoms with Crippen LogP contribution in [0.15, 0.2) is 47.8 Å². The van der Waals surface area contributed by atoms with Crippen molar-refractivity contribution >= 4 is 39.1 Å². The van der Waals surface area contributed by atoms with Crippen molar-refractivity contribution in [3.8, 4) is 0 Å². The van der Waals surface area contributed by atoms with Gasteiger partial charge in [-0.2, -0.15) is 0 Å². The maximum atomic E-state index is 12.9. The Morgan fingerprint density at radius 3 is 2.65 bits per heavy atom. The number of carbonyl (C=O) groups excluding carboxylic acids is 1. The van der Waals surface area contributed by atoms with Gasteiger partial charge in [0.15, 0.2) is 0 Å². The molecule has 0 spiro atoms. The first-order valence-corrected chi connectivity index (χ1v) is 11.0. The molecule has 1 aromatic carbocycles. The summed E-state index contributed by atoms with van der Waals surface area (Å²) < 4.78 is 3.36. The van der Waals surface area contributed by atoms with Crippen molar-refractivity contribution in [1.29, 1.82) is 0 Å². The highest BCUT2D eigenvalue weighted by atomic mass is 35.5. The van der Waals surface area contributed by atoms with Gasteiger partial charge in [-0.05, 0) is 37.1 Å². The monoisotopic (exact) mass is 455 g/mol. The fourth-order valence-corrected chi connectivity index (χ4v) is 4.61. The van der Waals surface area contributed by atoms with Gasteiger partial charge in [0.2, 0.25) is 5.91 Å². The first-order chi connectivity index (χ1) is 14.8. The van der Waals surface area contributed by atoms with Crippen molar-refractivity contribution in [3.05, 3.63) is 80.2 Å². The summed E-state index contributed by atoms with van der Waals surface area (Å²) >= 11 is 7.53. The van der Waals surface area contributed by atoms with E-state index in [2.05, 4.69) is 15.3 Å². The summed E-state index contributed by atoms with van der Waals surface area (Å²) in [6.45, 7) is 4.15. The van der Waals surface area contributed by atoms with Crippen LogP contribution < -0.4 is 10.9 Å². The number of nitrogens with one attached hydrogen (secondary N) is 1. The zero-order valence-electron chi connectivity index (χ0n) is 17.4. The number of benzene rings is 1. The summed E-state index contributed by atoms with van der Waals surface area (Å²) in [5.41, 5.74) is 1.71. The lowest BCUT2D eigenvalue weighted by Crippen LogP contribution is -2.32. The lowest BCUT2D eigenvalue weighted by atomic mass is 10.1. The molecule has 7 nitrogen and oxygen atoms in total. The van der Waals surface area contributed by atoms with Crippen LogP contribution in [0.4, 0.5) is 0 Å². The molecule has 3 heterocycles. The van der Waals surface area contributed by atoms with Crippen LogP contribution in [0.5, 0.6) is 0 Å². The number of halogens is 1. The van der Waals surface area contributed by atoms with Gasteiger partial charge in [-0.3, -0.25) is 14.2 Å². The Kier molecular flexibility index (Phi) is 5.93. The number of aryl methyl sites for hydroxylation is 4. The number of nitrogens with zero attached hydrogens (tertiary/aromatic N) is 4. The Labute approximate surface area is 188 Å². The Hall–Kier alpha value is -2.97. The highest BCUT2D eigenvalue weighted by molar-refractivity contribution is 7.18. The Morgan fingerprint density at radius 2 is 1.97 bits per heavy atom. The van der Waals surface area contributed by atoms with Gasteiger partial charge in [0.25, 0.3) is 5.56 Å². The van der Waals surface area contributed by atoms with E-state index < -0.39 is 6.04 Å². The second-order valence-corrected chi connectivity index (χ2v) is 9.04. The summed E-state index contributed by atoms with van der Waals surface area (Å²) in [5, 5.41) is 4.30. The lowest BCUT2D eigenvalue weighted by Gasteiger charge is -2.19. The molecule has 0 radical (unpaired) electrons. The molecule has 0 aliphatic heterocycles. The lowest BCUT2D eigenvalue weighted by molar-refractivity contribution is -0.121. The quantitative estimate of drug-likeness (QED) is 0.480.